The second-order valence-corrected chi connectivity index (χ2v) is 4.29. The zero-order valence-electron chi connectivity index (χ0n) is 12.2. The van der Waals surface area contributed by atoms with Crippen LogP contribution in [0.2, 0.25) is 0 Å². The molecule has 0 aliphatic carbocycles. The van der Waals surface area contributed by atoms with Crippen molar-refractivity contribution in [1.82, 2.24) is 15.5 Å². The number of carboxylic acid groups (broad SMARTS) is 1. The molecule has 0 unspecified atom stereocenters. The Morgan fingerprint density at radius 2 is 1.76 bits per heavy atom. The van der Waals surface area contributed by atoms with Crippen LogP contribution in [0.5, 0.6) is 0 Å². The van der Waals surface area contributed by atoms with Crippen LogP contribution >= 0.6 is 0 Å². The van der Waals surface area contributed by atoms with Crippen LogP contribution in [-0.4, -0.2) is 59.5 Å². The maximum atomic E-state index is 11.7. The molecule has 21 heavy (non-hydrogen) atoms. The van der Waals surface area contributed by atoms with Crippen molar-refractivity contribution < 1.29 is 24.3 Å². The number of nitrogens with two attached hydrogens (primary N) is 1. The minimum absolute atomic E-state index is 0.109. The number of aliphatic carboxylic acids is 1. The predicted molar refractivity (Wildman–Crippen MR) is 74.3 cm³/mol. The van der Waals surface area contributed by atoms with Gasteiger partial charge in [0.15, 0.2) is 0 Å². The molecular formula is C12H22N4O5. The molecule has 120 valence electrons. The first-order chi connectivity index (χ1) is 9.81. The van der Waals surface area contributed by atoms with Crippen LogP contribution < -0.4 is 16.4 Å². The van der Waals surface area contributed by atoms with Gasteiger partial charge < -0.3 is 26.4 Å². The molecule has 0 spiro atoms. The van der Waals surface area contributed by atoms with E-state index in [4.69, 9.17) is 10.8 Å². The van der Waals surface area contributed by atoms with E-state index in [9.17, 15) is 19.2 Å². The molecule has 0 rings (SSSR count). The van der Waals surface area contributed by atoms with Gasteiger partial charge in [0, 0.05) is 19.5 Å². The van der Waals surface area contributed by atoms with Gasteiger partial charge in [-0.2, -0.15) is 0 Å². The molecule has 0 heterocycles. The third kappa shape index (κ3) is 7.75. The zero-order chi connectivity index (χ0) is 16.4. The number of primary amides is 1. The smallest absolute Gasteiger partial charge is 0.326 e. The number of carbonyl (C=O) groups is 4. The minimum Gasteiger partial charge on any atom is -0.480 e. The van der Waals surface area contributed by atoms with Gasteiger partial charge in [0.25, 0.3) is 0 Å². The number of nitrogens with one attached hydrogen (secondary N) is 2. The van der Waals surface area contributed by atoms with Gasteiger partial charge in [0.2, 0.25) is 11.8 Å². The van der Waals surface area contributed by atoms with Gasteiger partial charge in [-0.15, -0.1) is 0 Å². The van der Waals surface area contributed by atoms with Crippen molar-refractivity contribution in [1.29, 1.82) is 0 Å². The van der Waals surface area contributed by atoms with E-state index in [1.165, 1.54) is 4.90 Å². The Morgan fingerprint density at radius 3 is 2.19 bits per heavy atom. The Bertz CT molecular complexity index is 395. The monoisotopic (exact) mass is 302 g/mol. The topological polar surface area (TPSA) is 142 Å². The fourth-order valence-electron chi connectivity index (χ4n) is 1.60. The van der Waals surface area contributed by atoms with Gasteiger partial charge in [-0.1, -0.05) is 0 Å². The molecule has 0 saturated heterocycles. The molecular weight excluding hydrogens is 280 g/mol. The van der Waals surface area contributed by atoms with Crippen molar-refractivity contribution in [2.75, 3.05) is 19.6 Å². The van der Waals surface area contributed by atoms with Crippen LogP contribution in [0.15, 0.2) is 0 Å². The number of carboxylic acids is 1. The van der Waals surface area contributed by atoms with Crippen LogP contribution in [0.1, 0.15) is 26.7 Å². The highest BCUT2D eigenvalue weighted by Crippen LogP contribution is 1.97. The molecule has 0 bridgehead atoms. The number of likely N-dealkylation sites (N-methyl/N-ethyl adjacent to an activating group) is 1. The van der Waals surface area contributed by atoms with Crippen LogP contribution in [0.25, 0.3) is 0 Å². The summed E-state index contributed by atoms with van der Waals surface area (Å²) in [5, 5.41) is 13.4. The van der Waals surface area contributed by atoms with Crippen molar-refractivity contribution in [3.8, 4) is 0 Å². The molecule has 0 saturated carbocycles. The van der Waals surface area contributed by atoms with E-state index < -0.39 is 23.9 Å². The van der Waals surface area contributed by atoms with Crippen LogP contribution in [0, 0.1) is 0 Å². The fraction of sp³-hybridized carbons (Fsp3) is 0.667. The summed E-state index contributed by atoms with van der Waals surface area (Å²) < 4.78 is 0. The molecule has 0 fully saturated rings. The summed E-state index contributed by atoms with van der Waals surface area (Å²) in [6, 6.07) is -2.02. The van der Waals surface area contributed by atoms with Gasteiger partial charge in [-0.3, -0.25) is 9.59 Å². The average Bonchev–Trinajstić information content (AvgIpc) is 2.41. The summed E-state index contributed by atoms with van der Waals surface area (Å²) in [6.07, 6.45) is -0.266. The van der Waals surface area contributed by atoms with E-state index in [1.54, 1.807) is 0 Å². The summed E-state index contributed by atoms with van der Waals surface area (Å²) in [6.45, 7) is 4.44. The van der Waals surface area contributed by atoms with E-state index in [0.29, 0.717) is 13.1 Å². The van der Waals surface area contributed by atoms with Crippen molar-refractivity contribution in [2.45, 2.75) is 32.7 Å². The van der Waals surface area contributed by atoms with Crippen LogP contribution in [0.4, 0.5) is 4.79 Å². The minimum atomic E-state index is -1.28. The lowest BCUT2D eigenvalue weighted by molar-refractivity contribution is -0.139. The molecule has 0 radical (unpaired) electrons. The fourth-order valence-corrected chi connectivity index (χ4v) is 1.60. The summed E-state index contributed by atoms with van der Waals surface area (Å²) in [4.78, 5) is 46.2. The Labute approximate surface area is 122 Å². The van der Waals surface area contributed by atoms with Crippen LogP contribution in [-0.2, 0) is 14.4 Å². The number of nitrogens with zero attached hydrogens (tertiary/aromatic N) is 1. The summed E-state index contributed by atoms with van der Waals surface area (Å²) in [5.41, 5.74) is 4.92. The lowest BCUT2D eigenvalue weighted by Crippen LogP contribution is -2.49. The first kappa shape index (κ1) is 18.7. The van der Waals surface area contributed by atoms with E-state index in [0.717, 1.165) is 0 Å². The molecule has 0 aromatic rings. The molecule has 0 aromatic carbocycles. The summed E-state index contributed by atoms with van der Waals surface area (Å²) >= 11 is 0. The molecule has 0 aliphatic heterocycles. The standard InChI is InChI=1S/C12H22N4O5/c1-3-16(4-2)10(18)7-14-12(21)15-8(11(19)20)5-6-9(13)17/h8H,3-7H2,1-2H3,(H2,13,17)(H,19,20)(H2,14,15,21)/t8-/m0/s1. The zero-order valence-corrected chi connectivity index (χ0v) is 12.2. The number of hydrogen-bond acceptors (Lipinski definition) is 4. The highest BCUT2D eigenvalue weighted by Gasteiger charge is 2.21. The first-order valence-electron chi connectivity index (χ1n) is 6.65. The number of urea groups is 1. The highest BCUT2D eigenvalue weighted by molar-refractivity contribution is 5.86. The van der Waals surface area contributed by atoms with Gasteiger partial charge in [-0.25, -0.2) is 9.59 Å². The third-order valence-electron chi connectivity index (χ3n) is 2.80. The number of carbonyl (C=O) groups excluding carboxylic acids is 3. The van der Waals surface area contributed by atoms with Crippen LogP contribution in [0.3, 0.4) is 0 Å². The van der Waals surface area contributed by atoms with Crippen molar-refractivity contribution in [2.24, 2.45) is 5.73 Å². The molecule has 1 atom stereocenters. The first-order valence-corrected chi connectivity index (χ1v) is 6.65. The average molecular weight is 302 g/mol. The van der Waals surface area contributed by atoms with Crippen molar-refractivity contribution in [3.05, 3.63) is 0 Å². The molecule has 4 amide bonds. The molecule has 0 aromatic heterocycles. The number of amides is 4. The quantitative estimate of drug-likeness (QED) is 0.426. The lowest BCUT2D eigenvalue weighted by Gasteiger charge is -2.19. The predicted octanol–water partition coefficient (Wildman–Crippen LogP) is -1.13. The third-order valence-corrected chi connectivity index (χ3v) is 2.80. The van der Waals surface area contributed by atoms with Gasteiger partial charge in [-0.05, 0) is 20.3 Å². The van der Waals surface area contributed by atoms with Gasteiger partial charge in [0.1, 0.15) is 6.04 Å². The normalized spacial score (nSPS) is 11.3. The Kier molecular flexibility index (Phi) is 8.51. The summed E-state index contributed by atoms with van der Waals surface area (Å²) in [5.74, 6) is -2.19. The van der Waals surface area contributed by atoms with E-state index >= 15 is 0 Å². The highest BCUT2D eigenvalue weighted by atomic mass is 16.4. The molecule has 5 N–H and O–H groups in total. The molecule has 9 heteroatoms. The SMILES string of the molecule is CCN(CC)C(=O)CNC(=O)N[C@@H](CCC(N)=O)C(=O)O. The largest absolute Gasteiger partial charge is 0.480 e. The van der Waals surface area contributed by atoms with E-state index in [1.807, 2.05) is 13.8 Å². The van der Waals surface area contributed by atoms with E-state index in [-0.39, 0.29) is 25.3 Å². The van der Waals surface area contributed by atoms with Gasteiger partial charge in [0.05, 0.1) is 6.54 Å². The number of rotatable bonds is 9. The lowest BCUT2D eigenvalue weighted by atomic mass is 10.1. The van der Waals surface area contributed by atoms with E-state index in [2.05, 4.69) is 10.6 Å². The maximum absolute atomic E-state index is 11.7. The summed E-state index contributed by atoms with van der Waals surface area (Å²) in [7, 11) is 0. The molecule has 0 aliphatic rings. The van der Waals surface area contributed by atoms with Crippen molar-refractivity contribution >= 4 is 23.8 Å². The Morgan fingerprint density at radius 1 is 1.19 bits per heavy atom. The van der Waals surface area contributed by atoms with Crippen molar-refractivity contribution in [3.63, 3.8) is 0 Å². The molecule has 9 nitrogen and oxygen atoms in total. The Balaban J connectivity index is 4.29. The Hall–Kier alpha value is -2.32. The maximum Gasteiger partial charge on any atom is 0.326 e. The number of hydrogen-bond donors (Lipinski definition) is 4. The second kappa shape index (κ2) is 9.56. The van der Waals surface area contributed by atoms with Gasteiger partial charge >= 0.3 is 12.0 Å². The second-order valence-electron chi connectivity index (χ2n) is 4.29.